The highest BCUT2D eigenvalue weighted by Crippen LogP contribution is 2.40. The normalized spacial score (nSPS) is 11.7. The van der Waals surface area contributed by atoms with Crippen LogP contribution < -0.4 is 10.6 Å². The molecule has 0 aliphatic rings. The minimum atomic E-state index is -0.362. The van der Waals surface area contributed by atoms with Crippen LogP contribution in [0.1, 0.15) is 38.1 Å². The third-order valence-electron chi connectivity index (χ3n) is 5.10. The van der Waals surface area contributed by atoms with Crippen molar-refractivity contribution in [3.8, 4) is 0 Å². The summed E-state index contributed by atoms with van der Waals surface area (Å²) in [5.41, 5.74) is 3.99. The van der Waals surface area contributed by atoms with E-state index in [2.05, 4.69) is 15.6 Å². The van der Waals surface area contributed by atoms with E-state index in [9.17, 15) is 9.18 Å². The lowest BCUT2D eigenvalue weighted by Gasteiger charge is -2.22. The molecule has 2 N–H and O–H groups in total. The van der Waals surface area contributed by atoms with E-state index in [1.165, 1.54) is 23.5 Å². The second-order valence-corrected chi connectivity index (χ2v) is 8.41. The second-order valence-electron chi connectivity index (χ2n) is 7.19. The van der Waals surface area contributed by atoms with Crippen molar-refractivity contribution in [1.29, 1.82) is 0 Å². The molecule has 0 spiro atoms. The standard InChI is InChI=1S/C25H22FN3OS/c1-16-17(2)31-25(29-24(30)18-9-4-3-5-10-18)22(16)23(21-13-6-7-14-27-21)28-20-12-8-11-19(26)15-20/h3-15,23,28H,1-2H3,(H,29,30). The molecule has 0 saturated carbocycles. The number of rotatable bonds is 6. The van der Waals surface area contributed by atoms with Crippen LogP contribution in [0.4, 0.5) is 15.1 Å². The van der Waals surface area contributed by atoms with Gasteiger partial charge < -0.3 is 10.6 Å². The molecule has 1 atom stereocenters. The van der Waals surface area contributed by atoms with Crippen LogP contribution in [0.25, 0.3) is 0 Å². The Bertz CT molecular complexity index is 1190. The first kappa shape index (κ1) is 20.8. The maximum Gasteiger partial charge on any atom is 0.256 e. The number of aryl methyl sites for hydroxylation is 1. The molecule has 156 valence electrons. The van der Waals surface area contributed by atoms with Gasteiger partial charge in [-0.15, -0.1) is 11.3 Å². The van der Waals surface area contributed by atoms with Gasteiger partial charge in [-0.25, -0.2) is 4.39 Å². The minimum absolute atomic E-state index is 0.173. The van der Waals surface area contributed by atoms with Crippen LogP contribution in [-0.2, 0) is 0 Å². The van der Waals surface area contributed by atoms with Crippen LogP contribution in [-0.4, -0.2) is 10.9 Å². The third-order valence-corrected chi connectivity index (χ3v) is 6.24. The quantitative estimate of drug-likeness (QED) is 0.374. The van der Waals surface area contributed by atoms with E-state index in [0.29, 0.717) is 11.3 Å². The van der Waals surface area contributed by atoms with Crippen molar-refractivity contribution in [2.24, 2.45) is 0 Å². The smallest absolute Gasteiger partial charge is 0.256 e. The van der Waals surface area contributed by atoms with E-state index in [0.717, 1.165) is 26.7 Å². The van der Waals surface area contributed by atoms with Gasteiger partial charge in [-0.3, -0.25) is 9.78 Å². The SMILES string of the molecule is Cc1sc(NC(=O)c2ccccc2)c(C(Nc2cccc(F)c2)c2ccccn2)c1C. The molecule has 31 heavy (non-hydrogen) atoms. The van der Waals surface area contributed by atoms with E-state index in [1.807, 2.05) is 56.3 Å². The van der Waals surface area contributed by atoms with Gasteiger partial charge in [0.15, 0.2) is 0 Å². The number of benzene rings is 2. The maximum absolute atomic E-state index is 13.8. The maximum atomic E-state index is 13.8. The Balaban J connectivity index is 1.76. The lowest BCUT2D eigenvalue weighted by atomic mass is 9.99. The fraction of sp³-hybridized carbons (Fsp3) is 0.120. The van der Waals surface area contributed by atoms with Crippen molar-refractivity contribution in [2.45, 2.75) is 19.9 Å². The van der Waals surface area contributed by atoms with Crippen molar-refractivity contribution in [2.75, 3.05) is 10.6 Å². The Morgan fingerprint density at radius 2 is 1.77 bits per heavy atom. The molecular formula is C25H22FN3OS. The van der Waals surface area contributed by atoms with Gasteiger partial charge in [0.1, 0.15) is 10.8 Å². The molecule has 6 heteroatoms. The van der Waals surface area contributed by atoms with Crippen molar-refractivity contribution in [1.82, 2.24) is 4.98 Å². The van der Waals surface area contributed by atoms with Gasteiger partial charge in [0.05, 0.1) is 11.7 Å². The summed E-state index contributed by atoms with van der Waals surface area (Å²) in [6.45, 7) is 4.06. The number of halogens is 1. The highest BCUT2D eigenvalue weighted by Gasteiger charge is 2.25. The van der Waals surface area contributed by atoms with E-state index in [4.69, 9.17) is 0 Å². The average molecular weight is 432 g/mol. The number of pyridine rings is 1. The summed E-state index contributed by atoms with van der Waals surface area (Å²) in [6, 6.07) is 20.8. The summed E-state index contributed by atoms with van der Waals surface area (Å²) < 4.78 is 13.8. The molecule has 1 unspecified atom stereocenters. The Morgan fingerprint density at radius 1 is 1.00 bits per heavy atom. The molecule has 0 fully saturated rings. The Hall–Kier alpha value is -3.51. The molecule has 2 aromatic carbocycles. The van der Waals surface area contributed by atoms with Crippen LogP contribution in [0.5, 0.6) is 0 Å². The monoisotopic (exact) mass is 431 g/mol. The van der Waals surface area contributed by atoms with Crippen molar-refractivity contribution >= 4 is 27.9 Å². The number of hydrogen-bond donors (Lipinski definition) is 2. The molecule has 0 aliphatic heterocycles. The number of anilines is 2. The van der Waals surface area contributed by atoms with Gasteiger partial charge in [-0.1, -0.05) is 30.3 Å². The first-order valence-corrected chi connectivity index (χ1v) is 10.7. The van der Waals surface area contributed by atoms with E-state index >= 15 is 0 Å². The summed E-state index contributed by atoms with van der Waals surface area (Å²) in [6.07, 6.45) is 1.73. The van der Waals surface area contributed by atoms with Gasteiger partial charge in [-0.2, -0.15) is 0 Å². The van der Waals surface area contributed by atoms with Gasteiger partial charge in [-0.05, 0) is 61.9 Å². The number of aromatic nitrogens is 1. The third kappa shape index (κ3) is 4.64. The topological polar surface area (TPSA) is 54.0 Å². The van der Waals surface area contributed by atoms with Crippen LogP contribution in [0.2, 0.25) is 0 Å². The lowest BCUT2D eigenvalue weighted by molar-refractivity contribution is 0.102. The summed E-state index contributed by atoms with van der Waals surface area (Å²) in [5, 5.41) is 7.24. The van der Waals surface area contributed by atoms with Crippen molar-refractivity contribution in [3.05, 3.63) is 112 Å². The zero-order chi connectivity index (χ0) is 21.8. The molecule has 0 bridgehead atoms. The lowest BCUT2D eigenvalue weighted by Crippen LogP contribution is -2.18. The van der Waals surface area contributed by atoms with Gasteiger partial charge in [0.25, 0.3) is 5.91 Å². The molecule has 0 saturated heterocycles. The van der Waals surface area contributed by atoms with Gasteiger partial charge in [0.2, 0.25) is 0 Å². The molecule has 1 amide bonds. The van der Waals surface area contributed by atoms with Crippen LogP contribution in [0, 0.1) is 19.7 Å². The second kappa shape index (κ2) is 9.10. The molecule has 0 radical (unpaired) electrons. The number of carbonyl (C=O) groups is 1. The van der Waals surface area contributed by atoms with E-state index in [1.54, 1.807) is 24.4 Å². The van der Waals surface area contributed by atoms with Gasteiger partial charge in [0, 0.05) is 27.9 Å². The fourth-order valence-corrected chi connectivity index (χ4v) is 4.53. The number of amides is 1. The van der Waals surface area contributed by atoms with Gasteiger partial charge >= 0.3 is 0 Å². The Labute approximate surface area is 184 Å². The average Bonchev–Trinajstić information content (AvgIpc) is 3.06. The van der Waals surface area contributed by atoms with Crippen LogP contribution in [0.15, 0.2) is 79.0 Å². The number of carbonyl (C=O) groups excluding carboxylic acids is 1. The zero-order valence-electron chi connectivity index (χ0n) is 17.2. The zero-order valence-corrected chi connectivity index (χ0v) is 18.0. The fourth-order valence-electron chi connectivity index (χ4n) is 3.44. The first-order valence-electron chi connectivity index (χ1n) is 9.92. The molecule has 4 aromatic rings. The van der Waals surface area contributed by atoms with E-state index in [-0.39, 0.29) is 17.8 Å². The molecular weight excluding hydrogens is 409 g/mol. The number of thiophene rings is 1. The van der Waals surface area contributed by atoms with E-state index < -0.39 is 0 Å². The van der Waals surface area contributed by atoms with Crippen molar-refractivity contribution in [3.63, 3.8) is 0 Å². The molecule has 4 rings (SSSR count). The summed E-state index contributed by atoms with van der Waals surface area (Å²) in [4.78, 5) is 18.5. The highest BCUT2D eigenvalue weighted by atomic mass is 32.1. The molecule has 0 aliphatic carbocycles. The molecule has 2 heterocycles. The summed E-state index contributed by atoms with van der Waals surface area (Å²) in [7, 11) is 0. The van der Waals surface area contributed by atoms with Crippen LogP contribution >= 0.6 is 11.3 Å². The summed E-state index contributed by atoms with van der Waals surface area (Å²) >= 11 is 1.53. The molecule has 4 nitrogen and oxygen atoms in total. The number of hydrogen-bond acceptors (Lipinski definition) is 4. The minimum Gasteiger partial charge on any atom is -0.373 e. The first-order chi connectivity index (χ1) is 15.0. The Kier molecular flexibility index (Phi) is 6.09. The predicted molar refractivity (Wildman–Crippen MR) is 124 cm³/mol. The van der Waals surface area contributed by atoms with Crippen molar-refractivity contribution < 1.29 is 9.18 Å². The number of nitrogens with one attached hydrogen (secondary N) is 2. The van der Waals surface area contributed by atoms with Crippen LogP contribution in [0.3, 0.4) is 0 Å². The summed E-state index contributed by atoms with van der Waals surface area (Å²) in [5.74, 6) is -0.491. The molecule has 2 aromatic heterocycles. The predicted octanol–water partition coefficient (Wildman–Crippen LogP) is 6.35. The highest BCUT2D eigenvalue weighted by molar-refractivity contribution is 7.16. The largest absolute Gasteiger partial charge is 0.373 e. The Morgan fingerprint density at radius 3 is 2.48 bits per heavy atom. The number of nitrogens with zero attached hydrogens (tertiary/aromatic N) is 1.